The van der Waals surface area contributed by atoms with Crippen LogP contribution in [0.5, 0.6) is 0 Å². The van der Waals surface area contributed by atoms with Gasteiger partial charge in [0.2, 0.25) is 0 Å². The largest absolute Gasteiger partial charge is 0.163 e. The maximum atomic E-state index is 4.78. The molecule has 0 radical (unpaired) electrons. The number of fused-ring (bicyclic) bond motifs is 1. The Kier molecular flexibility index (Phi) is 9.64. The Morgan fingerprint density at radius 3 is 2.40 bits per heavy atom. The fourth-order valence-electron chi connectivity index (χ4n) is 4.70. The number of unbranched alkanes of at least 4 members (excludes halogenated alkanes) is 5. The highest BCUT2D eigenvalue weighted by Gasteiger charge is 2.49. The van der Waals surface area contributed by atoms with Crippen molar-refractivity contribution < 1.29 is 0 Å². The molecule has 0 aromatic heterocycles. The molecule has 5 atom stereocenters. The van der Waals surface area contributed by atoms with E-state index in [1.54, 1.807) is 0 Å². The third-order valence-corrected chi connectivity index (χ3v) is 8.29. The lowest BCUT2D eigenvalue weighted by Crippen LogP contribution is -2.47. The second-order valence-electron chi connectivity index (χ2n) is 8.49. The minimum Gasteiger partial charge on any atom is -0.163 e. The summed E-state index contributed by atoms with van der Waals surface area (Å²) in [6.07, 6.45) is 19.8. The Morgan fingerprint density at radius 2 is 1.84 bits per heavy atom. The van der Waals surface area contributed by atoms with E-state index >= 15 is 0 Å². The molecule has 2 fully saturated rings. The van der Waals surface area contributed by atoms with Crippen molar-refractivity contribution in [3.05, 3.63) is 0 Å². The van der Waals surface area contributed by atoms with Crippen LogP contribution < -0.4 is 0 Å². The minimum atomic E-state index is 0.199. The minimum absolute atomic E-state index is 0.199. The topological polar surface area (TPSA) is 0 Å². The first-order valence-corrected chi connectivity index (χ1v) is 12.6. The first-order chi connectivity index (χ1) is 12.1. The van der Waals surface area contributed by atoms with Crippen LogP contribution in [0.3, 0.4) is 0 Å². The highest BCUT2D eigenvalue weighted by Crippen LogP contribution is 2.57. The molecule has 0 spiro atoms. The van der Waals surface area contributed by atoms with Gasteiger partial charge in [0.05, 0.1) is 10.00 Å². The van der Waals surface area contributed by atoms with Gasteiger partial charge in [-0.2, -0.15) is 12.6 Å². The molecule has 0 heterocycles. The van der Waals surface area contributed by atoms with Crippen LogP contribution in [-0.2, 0) is 0 Å². The van der Waals surface area contributed by atoms with Crippen molar-refractivity contribution in [3.8, 4) is 11.8 Å². The smallest absolute Gasteiger partial charge is 0.0765 e. The third kappa shape index (κ3) is 6.42. The van der Waals surface area contributed by atoms with Gasteiger partial charge < -0.3 is 0 Å². The summed E-state index contributed by atoms with van der Waals surface area (Å²) in [6.45, 7) is 4.58. The van der Waals surface area contributed by atoms with E-state index in [1.807, 2.05) is 11.8 Å². The van der Waals surface area contributed by atoms with Crippen molar-refractivity contribution in [1.82, 2.24) is 0 Å². The standard InChI is InChI=1S/C23H40S2/c1-4-6-8-9-11-21(24)14-16-23(25-3,15-10-7-5-2)18-20-17-19-12-13-22(19)20/h19-22,24H,4-13,15,17-18H2,1-3H3. The van der Waals surface area contributed by atoms with Gasteiger partial charge in [-0.25, -0.2) is 0 Å². The molecule has 0 aromatic carbocycles. The van der Waals surface area contributed by atoms with Crippen LogP contribution >= 0.6 is 24.4 Å². The predicted octanol–water partition coefficient (Wildman–Crippen LogP) is 7.38. The van der Waals surface area contributed by atoms with E-state index in [0.29, 0.717) is 0 Å². The highest BCUT2D eigenvalue weighted by atomic mass is 32.2. The van der Waals surface area contributed by atoms with Crippen molar-refractivity contribution in [2.24, 2.45) is 17.8 Å². The molecule has 2 rings (SSSR count). The van der Waals surface area contributed by atoms with E-state index in [2.05, 4.69) is 31.9 Å². The molecular formula is C23H40S2. The molecule has 0 amide bonds. The Bertz CT molecular complexity index is 435. The molecule has 144 valence electrons. The molecular weight excluding hydrogens is 340 g/mol. The maximum absolute atomic E-state index is 4.78. The van der Waals surface area contributed by atoms with Gasteiger partial charge in [-0.15, -0.1) is 11.8 Å². The molecule has 2 saturated carbocycles. The van der Waals surface area contributed by atoms with Crippen LogP contribution in [0.25, 0.3) is 0 Å². The number of rotatable bonds is 12. The van der Waals surface area contributed by atoms with Crippen LogP contribution in [-0.4, -0.2) is 16.3 Å². The molecule has 25 heavy (non-hydrogen) atoms. The average molecular weight is 381 g/mol. The van der Waals surface area contributed by atoms with Gasteiger partial charge in [0, 0.05) is 0 Å². The van der Waals surface area contributed by atoms with Gasteiger partial charge in [-0.05, 0) is 62.5 Å². The first-order valence-electron chi connectivity index (χ1n) is 10.9. The predicted molar refractivity (Wildman–Crippen MR) is 119 cm³/mol. The van der Waals surface area contributed by atoms with E-state index in [9.17, 15) is 0 Å². The van der Waals surface area contributed by atoms with Crippen LogP contribution in [0.2, 0.25) is 0 Å². The van der Waals surface area contributed by atoms with Crippen molar-refractivity contribution >= 4 is 24.4 Å². The van der Waals surface area contributed by atoms with Crippen LogP contribution in [0.1, 0.15) is 97.3 Å². The summed E-state index contributed by atoms with van der Waals surface area (Å²) in [5, 5.41) is 0.271. The van der Waals surface area contributed by atoms with Gasteiger partial charge in [0.25, 0.3) is 0 Å². The van der Waals surface area contributed by atoms with E-state index in [0.717, 1.165) is 24.2 Å². The quantitative estimate of drug-likeness (QED) is 0.209. The summed E-state index contributed by atoms with van der Waals surface area (Å²) >= 11 is 6.82. The highest BCUT2D eigenvalue weighted by molar-refractivity contribution is 8.00. The molecule has 2 heteroatoms. The molecule has 5 unspecified atom stereocenters. The Balaban J connectivity index is 1.91. The molecule has 0 nitrogen and oxygen atoms in total. The molecule has 0 saturated heterocycles. The number of hydrogen-bond acceptors (Lipinski definition) is 2. The molecule has 2 aliphatic rings. The monoisotopic (exact) mass is 380 g/mol. The lowest BCUT2D eigenvalue weighted by Gasteiger charge is -2.55. The van der Waals surface area contributed by atoms with Crippen molar-refractivity contribution in [2.75, 3.05) is 6.26 Å². The van der Waals surface area contributed by atoms with E-state index in [-0.39, 0.29) is 10.00 Å². The molecule has 0 aliphatic heterocycles. The molecule has 0 N–H and O–H groups in total. The zero-order chi connectivity index (χ0) is 18.1. The van der Waals surface area contributed by atoms with Gasteiger partial charge in [0.1, 0.15) is 0 Å². The van der Waals surface area contributed by atoms with Gasteiger partial charge in [0.15, 0.2) is 0 Å². The fraction of sp³-hybridized carbons (Fsp3) is 0.913. The zero-order valence-electron chi connectivity index (χ0n) is 16.9. The Labute approximate surface area is 167 Å². The lowest BCUT2D eigenvalue weighted by atomic mass is 9.51. The lowest BCUT2D eigenvalue weighted by molar-refractivity contribution is -0.0325. The van der Waals surface area contributed by atoms with Crippen LogP contribution in [0.4, 0.5) is 0 Å². The number of thioether (sulfide) groups is 1. The van der Waals surface area contributed by atoms with Crippen molar-refractivity contribution in [2.45, 2.75) is 107 Å². The maximum Gasteiger partial charge on any atom is 0.0765 e. The van der Waals surface area contributed by atoms with E-state index in [1.165, 1.54) is 77.0 Å². The van der Waals surface area contributed by atoms with E-state index < -0.39 is 0 Å². The van der Waals surface area contributed by atoms with E-state index in [4.69, 9.17) is 12.6 Å². The molecule has 2 aliphatic carbocycles. The number of hydrogen-bond donors (Lipinski definition) is 1. The second-order valence-corrected chi connectivity index (χ2v) is 10.3. The SMILES string of the molecule is CCCCCCC(S)C#CC(CCCCC)(CC1CC2CCC21)SC. The second kappa shape index (κ2) is 11.2. The van der Waals surface area contributed by atoms with Gasteiger partial charge >= 0.3 is 0 Å². The average Bonchev–Trinajstić information content (AvgIpc) is 2.60. The summed E-state index contributed by atoms with van der Waals surface area (Å²) in [4.78, 5) is 0. The van der Waals surface area contributed by atoms with Crippen molar-refractivity contribution in [1.29, 1.82) is 0 Å². The summed E-state index contributed by atoms with van der Waals surface area (Å²) in [7, 11) is 0. The fourth-order valence-corrected chi connectivity index (χ4v) is 5.84. The molecule has 0 bridgehead atoms. The van der Waals surface area contributed by atoms with Gasteiger partial charge in [-0.1, -0.05) is 70.6 Å². The van der Waals surface area contributed by atoms with Crippen LogP contribution in [0, 0.1) is 29.6 Å². The normalized spacial score (nSPS) is 27.9. The summed E-state index contributed by atoms with van der Waals surface area (Å²) in [6, 6.07) is 0. The summed E-state index contributed by atoms with van der Waals surface area (Å²) < 4.78 is 0.199. The van der Waals surface area contributed by atoms with Gasteiger partial charge in [-0.3, -0.25) is 0 Å². The molecule has 0 aromatic rings. The number of thiol groups is 1. The summed E-state index contributed by atoms with van der Waals surface area (Å²) in [5.41, 5.74) is 0. The van der Waals surface area contributed by atoms with Crippen LogP contribution in [0.15, 0.2) is 0 Å². The first kappa shape index (κ1) is 21.6. The Hall–Kier alpha value is 0.260. The summed E-state index contributed by atoms with van der Waals surface area (Å²) in [5.74, 6) is 10.5. The zero-order valence-corrected chi connectivity index (χ0v) is 18.6. The third-order valence-electron chi connectivity index (χ3n) is 6.65. The van der Waals surface area contributed by atoms with Crippen molar-refractivity contribution in [3.63, 3.8) is 0 Å². The Morgan fingerprint density at radius 1 is 1.08 bits per heavy atom.